The van der Waals surface area contributed by atoms with Crippen LogP contribution < -0.4 is 5.32 Å². The molecule has 0 bridgehead atoms. The van der Waals surface area contributed by atoms with Gasteiger partial charge in [-0.3, -0.25) is 0 Å². The number of nitrogens with one attached hydrogen (secondary N) is 1. The Kier molecular flexibility index (Phi) is 1.56. The van der Waals surface area contributed by atoms with Crippen LogP contribution in [0.1, 0.15) is 19.3 Å². The molecular weight excluding hydrogens is 140 g/mol. The van der Waals surface area contributed by atoms with Crippen molar-refractivity contribution >= 4 is 6.03 Å². The van der Waals surface area contributed by atoms with Gasteiger partial charge in [-0.25, -0.2) is 4.79 Å². The molecule has 1 saturated heterocycles. The smallest absolute Gasteiger partial charge is 0.321 e. The van der Waals surface area contributed by atoms with Crippen molar-refractivity contribution in [1.29, 1.82) is 0 Å². The Morgan fingerprint density at radius 1 is 1.45 bits per heavy atom. The number of hydrogen-bond donors (Lipinski definition) is 1. The standard InChI is InChI=1S/C8H12N2O/c11-8(9-7-3-4-7)10-5-1-2-6-10/h3H,1-2,4-6H2,(H,9,11). The van der Waals surface area contributed by atoms with Crippen LogP contribution in [-0.2, 0) is 0 Å². The minimum atomic E-state index is 0.0891. The maximum Gasteiger partial charge on any atom is 0.321 e. The summed E-state index contributed by atoms with van der Waals surface area (Å²) in [5, 5.41) is 2.84. The Balaban J connectivity index is 1.82. The Hall–Kier alpha value is -0.990. The van der Waals surface area contributed by atoms with E-state index in [-0.39, 0.29) is 6.03 Å². The highest BCUT2D eigenvalue weighted by molar-refractivity contribution is 5.77. The first-order valence-corrected chi connectivity index (χ1v) is 4.11. The lowest BCUT2D eigenvalue weighted by Crippen LogP contribution is -2.35. The van der Waals surface area contributed by atoms with Gasteiger partial charge in [0, 0.05) is 25.2 Å². The van der Waals surface area contributed by atoms with Crippen molar-refractivity contribution in [3.8, 4) is 0 Å². The molecule has 0 spiro atoms. The fourth-order valence-electron chi connectivity index (χ4n) is 1.29. The number of hydrogen-bond acceptors (Lipinski definition) is 1. The fourth-order valence-corrected chi connectivity index (χ4v) is 1.29. The average Bonchev–Trinajstić information content (AvgIpc) is 2.67. The third-order valence-electron chi connectivity index (χ3n) is 2.07. The van der Waals surface area contributed by atoms with Crippen LogP contribution in [0, 0.1) is 0 Å². The van der Waals surface area contributed by atoms with E-state index in [2.05, 4.69) is 5.32 Å². The molecule has 1 fully saturated rings. The summed E-state index contributed by atoms with van der Waals surface area (Å²) in [7, 11) is 0. The number of allylic oxidation sites excluding steroid dienone is 2. The molecule has 2 amide bonds. The molecule has 1 heterocycles. The van der Waals surface area contributed by atoms with Gasteiger partial charge in [-0.2, -0.15) is 0 Å². The molecule has 2 rings (SSSR count). The van der Waals surface area contributed by atoms with Crippen LogP contribution in [0.2, 0.25) is 0 Å². The number of nitrogens with zero attached hydrogens (tertiary/aromatic N) is 1. The summed E-state index contributed by atoms with van der Waals surface area (Å²) >= 11 is 0. The third-order valence-corrected chi connectivity index (χ3v) is 2.07. The van der Waals surface area contributed by atoms with Crippen LogP contribution in [0.25, 0.3) is 0 Å². The molecular formula is C8H12N2O. The van der Waals surface area contributed by atoms with Crippen LogP contribution in [-0.4, -0.2) is 24.0 Å². The minimum absolute atomic E-state index is 0.0891. The predicted molar refractivity (Wildman–Crippen MR) is 42.0 cm³/mol. The van der Waals surface area contributed by atoms with E-state index in [1.807, 2.05) is 11.0 Å². The monoisotopic (exact) mass is 152 g/mol. The molecule has 1 aliphatic carbocycles. The lowest BCUT2D eigenvalue weighted by atomic mass is 10.4. The first-order chi connectivity index (χ1) is 5.36. The van der Waals surface area contributed by atoms with Crippen molar-refractivity contribution in [1.82, 2.24) is 10.2 Å². The normalized spacial score (nSPS) is 21.5. The molecule has 0 atom stereocenters. The molecule has 1 aliphatic heterocycles. The lowest BCUT2D eigenvalue weighted by molar-refractivity contribution is 0.212. The van der Waals surface area contributed by atoms with Gasteiger partial charge in [0.1, 0.15) is 0 Å². The van der Waals surface area contributed by atoms with E-state index >= 15 is 0 Å². The molecule has 0 radical (unpaired) electrons. The SMILES string of the molecule is O=C(NC1=CC1)N1CCCC1. The second-order valence-electron chi connectivity index (χ2n) is 3.06. The zero-order chi connectivity index (χ0) is 7.68. The van der Waals surface area contributed by atoms with Gasteiger partial charge in [0.15, 0.2) is 0 Å². The molecule has 11 heavy (non-hydrogen) atoms. The van der Waals surface area contributed by atoms with Crippen LogP contribution in [0.4, 0.5) is 4.79 Å². The molecule has 0 aromatic carbocycles. The van der Waals surface area contributed by atoms with Crippen LogP contribution in [0.3, 0.4) is 0 Å². The maximum absolute atomic E-state index is 11.3. The number of urea groups is 1. The predicted octanol–water partition coefficient (Wildman–Crippen LogP) is 1.08. The van der Waals surface area contributed by atoms with Crippen molar-refractivity contribution in [2.45, 2.75) is 19.3 Å². The number of rotatable bonds is 1. The Morgan fingerprint density at radius 3 is 2.64 bits per heavy atom. The summed E-state index contributed by atoms with van der Waals surface area (Å²) < 4.78 is 0. The molecule has 1 N–H and O–H groups in total. The third kappa shape index (κ3) is 1.53. The van der Waals surface area contributed by atoms with E-state index in [4.69, 9.17) is 0 Å². The van der Waals surface area contributed by atoms with Crippen LogP contribution in [0.15, 0.2) is 11.8 Å². The summed E-state index contributed by atoms with van der Waals surface area (Å²) in [4.78, 5) is 13.1. The molecule has 0 aromatic rings. The van der Waals surface area contributed by atoms with Crippen molar-refractivity contribution in [2.75, 3.05) is 13.1 Å². The van der Waals surface area contributed by atoms with Crippen molar-refractivity contribution < 1.29 is 4.79 Å². The Morgan fingerprint density at radius 2 is 2.09 bits per heavy atom. The van der Waals surface area contributed by atoms with Crippen molar-refractivity contribution in [2.24, 2.45) is 0 Å². The minimum Gasteiger partial charge on any atom is -0.325 e. The molecule has 60 valence electrons. The first kappa shape index (κ1) is 6.70. The van der Waals surface area contributed by atoms with Crippen LogP contribution >= 0.6 is 0 Å². The molecule has 3 nitrogen and oxygen atoms in total. The maximum atomic E-state index is 11.3. The summed E-state index contributed by atoms with van der Waals surface area (Å²) in [5.74, 6) is 0. The zero-order valence-corrected chi connectivity index (χ0v) is 6.47. The van der Waals surface area contributed by atoms with Gasteiger partial charge in [0.25, 0.3) is 0 Å². The van der Waals surface area contributed by atoms with Gasteiger partial charge < -0.3 is 10.2 Å². The van der Waals surface area contributed by atoms with E-state index in [0.29, 0.717) is 0 Å². The second-order valence-corrected chi connectivity index (χ2v) is 3.06. The largest absolute Gasteiger partial charge is 0.325 e. The Bertz CT molecular complexity index is 204. The quantitative estimate of drug-likeness (QED) is 0.599. The van der Waals surface area contributed by atoms with E-state index < -0.39 is 0 Å². The summed E-state index contributed by atoms with van der Waals surface area (Å²) in [6.07, 6.45) is 5.31. The van der Waals surface area contributed by atoms with Gasteiger partial charge in [-0.15, -0.1) is 0 Å². The number of carbonyl (C=O) groups is 1. The van der Waals surface area contributed by atoms with Gasteiger partial charge in [0.2, 0.25) is 0 Å². The fraction of sp³-hybridized carbons (Fsp3) is 0.625. The van der Waals surface area contributed by atoms with Gasteiger partial charge >= 0.3 is 6.03 Å². The van der Waals surface area contributed by atoms with E-state index in [1.54, 1.807) is 0 Å². The number of likely N-dealkylation sites (tertiary alicyclic amines) is 1. The van der Waals surface area contributed by atoms with Gasteiger partial charge in [-0.1, -0.05) is 6.08 Å². The highest BCUT2D eigenvalue weighted by Crippen LogP contribution is 2.15. The van der Waals surface area contributed by atoms with Gasteiger partial charge in [-0.05, 0) is 12.8 Å². The molecule has 0 aromatic heterocycles. The van der Waals surface area contributed by atoms with Crippen molar-refractivity contribution in [3.63, 3.8) is 0 Å². The lowest BCUT2D eigenvalue weighted by Gasteiger charge is -2.14. The molecule has 2 aliphatic rings. The topological polar surface area (TPSA) is 32.3 Å². The summed E-state index contributed by atoms with van der Waals surface area (Å²) in [6.45, 7) is 1.86. The molecule has 0 saturated carbocycles. The Labute approximate surface area is 66.1 Å². The highest BCUT2D eigenvalue weighted by Gasteiger charge is 2.20. The second kappa shape index (κ2) is 2.57. The van der Waals surface area contributed by atoms with Gasteiger partial charge in [0.05, 0.1) is 0 Å². The number of amides is 2. The highest BCUT2D eigenvalue weighted by atomic mass is 16.2. The number of carbonyl (C=O) groups excluding carboxylic acids is 1. The molecule has 3 heteroatoms. The summed E-state index contributed by atoms with van der Waals surface area (Å²) in [5.41, 5.74) is 1.09. The van der Waals surface area contributed by atoms with E-state index in [0.717, 1.165) is 38.0 Å². The molecule has 0 unspecified atom stereocenters. The van der Waals surface area contributed by atoms with Crippen molar-refractivity contribution in [3.05, 3.63) is 11.8 Å². The van der Waals surface area contributed by atoms with Crippen LogP contribution in [0.5, 0.6) is 0 Å². The first-order valence-electron chi connectivity index (χ1n) is 4.11. The summed E-state index contributed by atoms with van der Waals surface area (Å²) in [6, 6.07) is 0.0891. The van der Waals surface area contributed by atoms with E-state index in [9.17, 15) is 4.79 Å². The average molecular weight is 152 g/mol. The zero-order valence-electron chi connectivity index (χ0n) is 6.47. The van der Waals surface area contributed by atoms with E-state index in [1.165, 1.54) is 0 Å².